The number of benzene rings is 1. The summed E-state index contributed by atoms with van der Waals surface area (Å²) in [7, 11) is 1.69. The summed E-state index contributed by atoms with van der Waals surface area (Å²) in [6.07, 6.45) is 0. The predicted octanol–water partition coefficient (Wildman–Crippen LogP) is 2.11. The molecule has 1 aromatic carbocycles. The van der Waals surface area contributed by atoms with E-state index in [1.807, 2.05) is 13.0 Å². The topological polar surface area (TPSA) is 47.7 Å². The van der Waals surface area contributed by atoms with Crippen molar-refractivity contribution >= 4 is 0 Å². The fourth-order valence-electron chi connectivity index (χ4n) is 2.93. The molecule has 19 heavy (non-hydrogen) atoms. The minimum absolute atomic E-state index is 0.0141. The fourth-order valence-corrected chi connectivity index (χ4v) is 2.93. The van der Waals surface area contributed by atoms with Crippen molar-refractivity contribution in [2.75, 3.05) is 26.8 Å². The van der Waals surface area contributed by atoms with Crippen molar-refractivity contribution in [3.05, 3.63) is 23.3 Å². The van der Waals surface area contributed by atoms with Gasteiger partial charge in [0.05, 0.1) is 19.2 Å². The molecule has 0 bridgehead atoms. The first-order chi connectivity index (χ1) is 9.13. The van der Waals surface area contributed by atoms with Gasteiger partial charge in [-0.1, -0.05) is 13.8 Å². The zero-order valence-electron chi connectivity index (χ0n) is 12.3. The lowest BCUT2D eigenvalue weighted by Crippen LogP contribution is -2.47. The van der Waals surface area contributed by atoms with Gasteiger partial charge < -0.3 is 15.2 Å². The number of ether oxygens (including phenoxy) is 2. The third-order valence-corrected chi connectivity index (χ3v) is 3.96. The Morgan fingerprint density at radius 3 is 2.63 bits per heavy atom. The molecule has 1 aliphatic heterocycles. The molecule has 4 nitrogen and oxygen atoms in total. The van der Waals surface area contributed by atoms with E-state index in [1.54, 1.807) is 7.11 Å². The molecule has 1 heterocycles. The Morgan fingerprint density at radius 2 is 2.05 bits per heavy atom. The van der Waals surface area contributed by atoms with Crippen molar-refractivity contribution in [3.8, 4) is 11.5 Å². The predicted molar refractivity (Wildman–Crippen MR) is 76.9 cm³/mol. The number of fused-ring (bicyclic) bond motifs is 1. The maximum absolute atomic E-state index is 6.27. The molecule has 0 amide bonds. The highest BCUT2D eigenvalue weighted by Gasteiger charge is 2.33. The highest BCUT2D eigenvalue weighted by atomic mass is 16.5. The van der Waals surface area contributed by atoms with Crippen LogP contribution in [0, 0.1) is 6.92 Å². The van der Waals surface area contributed by atoms with E-state index in [0.29, 0.717) is 6.61 Å². The summed E-state index contributed by atoms with van der Waals surface area (Å²) in [5.74, 6) is 1.81. The van der Waals surface area contributed by atoms with Crippen molar-refractivity contribution in [3.63, 3.8) is 0 Å². The molecule has 1 aromatic rings. The molecule has 0 saturated heterocycles. The fraction of sp³-hybridized carbons (Fsp3) is 0.600. The Bertz CT molecular complexity index is 444. The van der Waals surface area contributed by atoms with E-state index in [4.69, 9.17) is 15.2 Å². The molecule has 1 aliphatic rings. The summed E-state index contributed by atoms with van der Waals surface area (Å²) >= 11 is 0. The van der Waals surface area contributed by atoms with E-state index in [-0.39, 0.29) is 12.1 Å². The summed E-state index contributed by atoms with van der Waals surface area (Å²) in [6.45, 7) is 8.90. The number of hydrogen-bond acceptors (Lipinski definition) is 4. The van der Waals surface area contributed by atoms with Crippen molar-refractivity contribution < 1.29 is 9.47 Å². The zero-order chi connectivity index (χ0) is 14.0. The van der Waals surface area contributed by atoms with Gasteiger partial charge in [-0.05, 0) is 32.1 Å². The van der Waals surface area contributed by atoms with E-state index in [2.05, 4.69) is 24.8 Å². The first kappa shape index (κ1) is 14.2. The van der Waals surface area contributed by atoms with Crippen molar-refractivity contribution in [1.29, 1.82) is 0 Å². The van der Waals surface area contributed by atoms with Gasteiger partial charge in [-0.2, -0.15) is 0 Å². The van der Waals surface area contributed by atoms with E-state index < -0.39 is 0 Å². The van der Waals surface area contributed by atoms with Gasteiger partial charge in [-0.15, -0.1) is 0 Å². The summed E-state index contributed by atoms with van der Waals surface area (Å²) in [6, 6.07) is 4.33. The van der Waals surface area contributed by atoms with Crippen molar-refractivity contribution in [2.24, 2.45) is 5.73 Å². The number of nitrogens with two attached hydrogens (primary N) is 1. The molecule has 0 fully saturated rings. The second kappa shape index (κ2) is 5.80. The molecule has 0 spiro atoms. The summed E-state index contributed by atoms with van der Waals surface area (Å²) in [4.78, 5) is 2.39. The third kappa shape index (κ3) is 2.42. The van der Waals surface area contributed by atoms with Crippen molar-refractivity contribution in [1.82, 2.24) is 4.90 Å². The van der Waals surface area contributed by atoms with Gasteiger partial charge in [0.25, 0.3) is 0 Å². The standard InChI is InChI=1S/C15H24N2O2/c1-5-17(6-2)14-11-7-8-13(18-4)10(3)15(11)19-9-12(14)16/h7-8,12,14H,5-6,9,16H2,1-4H3. The van der Waals surface area contributed by atoms with Gasteiger partial charge in [-0.3, -0.25) is 4.90 Å². The van der Waals surface area contributed by atoms with Crippen LogP contribution >= 0.6 is 0 Å². The maximum atomic E-state index is 6.27. The number of nitrogens with zero attached hydrogens (tertiary/aromatic N) is 1. The minimum atomic E-state index is 0.0141. The van der Waals surface area contributed by atoms with Crippen LogP contribution in [-0.4, -0.2) is 37.7 Å². The maximum Gasteiger partial charge on any atom is 0.130 e. The SMILES string of the molecule is CCN(CC)C1c2ccc(OC)c(C)c2OCC1N. The summed E-state index contributed by atoms with van der Waals surface area (Å²) in [5.41, 5.74) is 8.51. The lowest BCUT2D eigenvalue weighted by Gasteiger charge is -2.39. The molecule has 4 heteroatoms. The van der Waals surface area contributed by atoms with Crippen LogP contribution in [0.15, 0.2) is 12.1 Å². The smallest absolute Gasteiger partial charge is 0.130 e. The Labute approximate surface area is 115 Å². The normalized spacial score (nSPS) is 22.0. The van der Waals surface area contributed by atoms with Crippen molar-refractivity contribution in [2.45, 2.75) is 32.9 Å². The molecule has 0 radical (unpaired) electrons. The first-order valence-electron chi connectivity index (χ1n) is 6.93. The molecule has 2 rings (SSSR count). The third-order valence-electron chi connectivity index (χ3n) is 3.96. The lowest BCUT2D eigenvalue weighted by molar-refractivity contribution is 0.127. The number of likely N-dealkylation sites (N-methyl/N-ethyl adjacent to an activating group) is 1. The van der Waals surface area contributed by atoms with E-state index in [9.17, 15) is 0 Å². The van der Waals surface area contributed by atoms with E-state index in [0.717, 1.165) is 30.2 Å². The van der Waals surface area contributed by atoms with Gasteiger partial charge in [0.1, 0.15) is 18.1 Å². The van der Waals surface area contributed by atoms with Crippen LogP contribution in [0.25, 0.3) is 0 Å². The second-order valence-electron chi connectivity index (χ2n) is 4.95. The highest BCUT2D eigenvalue weighted by molar-refractivity contribution is 5.52. The van der Waals surface area contributed by atoms with Crippen LogP contribution in [0.5, 0.6) is 11.5 Å². The second-order valence-corrected chi connectivity index (χ2v) is 4.95. The molecule has 2 N–H and O–H groups in total. The minimum Gasteiger partial charge on any atom is -0.496 e. The molecule has 2 atom stereocenters. The lowest BCUT2D eigenvalue weighted by atomic mass is 9.93. The van der Waals surface area contributed by atoms with E-state index >= 15 is 0 Å². The van der Waals surface area contributed by atoms with Crippen LogP contribution < -0.4 is 15.2 Å². The first-order valence-corrected chi connectivity index (χ1v) is 6.93. The monoisotopic (exact) mass is 264 g/mol. The summed E-state index contributed by atoms with van der Waals surface area (Å²) < 4.78 is 11.2. The zero-order valence-corrected chi connectivity index (χ0v) is 12.3. The largest absolute Gasteiger partial charge is 0.496 e. The molecule has 0 aliphatic carbocycles. The average Bonchev–Trinajstić information content (AvgIpc) is 2.42. The Balaban J connectivity index is 2.47. The van der Waals surface area contributed by atoms with Crippen LogP contribution in [-0.2, 0) is 0 Å². The van der Waals surface area contributed by atoms with E-state index in [1.165, 1.54) is 5.56 Å². The molecule has 106 valence electrons. The number of hydrogen-bond donors (Lipinski definition) is 1. The van der Waals surface area contributed by atoms with Crippen LogP contribution in [0.2, 0.25) is 0 Å². The Morgan fingerprint density at radius 1 is 1.37 bits per heavy atom. The van der Waals surface area contributed by atoms with Gasteiger partial charge in [0.15, 0.2) is 0 Å². The quantitative estimate of drug-likeness (QED) is 0.905. The van der Waals surface area contributed by atoms with Crippen LogP contribution in [0.3, 0.4) is 0 Å². The van der Waals surface area contributed by atoms with Gasteiger partial charge >= 0.3 is 0 Å². The molecule has 0 saturated carbocycles. The molecular weight excluding hydrogens is 240 g/mol. The number of methoxy groups -OCH3 is 1. The molecule has 0 aromatic heterocycles. The van der Waals surface area contributed by atoms with Gasteiger partial charge in [0.2, 0.25) is 0 Å². The Hall–Kier alpha value is -1.26. The van der Waals surface area contributed by atoms with Crippen LogP contribution in [0.1, 0.15) is 31.0 Å². The number of rotatable bonds is 4. The van der Waals surface area contributed by atoms with Crippen LogP contribution in [0.4, 0.5) is 0 Å². The highest BCUT2D eigenvalue weighted by Crippen LogP contribution is 2.40. The molecular formula is C15H24N2O2. The molecule has 2 unspecified atom stereocenters. The summed E-state index contributed by atoms with van der Waals surface area (Å²) in [5, 5.41) is 0. The average molecular weight is 264 g/mol. The Kier molecular flexibility index (Phi) is 4.32. The van der Waals surface area contributed by atoms with Gasteiger partial charge in [0, 0.05) is 11.1 Å². The van der Waals surface area contributed by atoms with Gasteiger partial charge in [-0.25, -0.2) is 0 Å².